The second-order valence-electron chi connectivity index (χ2n) is 24.1. The summed E-state index contributed by atoms with van der Waals surface area (Å²) >= 11 is 0. The average Bonchev–Trinajstić information content (AvgIpc) is 1.75. The molecule has 7 N–H and O–H groups in total. The van der Waals surface area contributed by atoms with Crippen molar-refractivity contribution in [1.29, 1.82) is 0 Å². The Bertz CT molecular complexity index is 3780. The van der Waals surface area contributed by atoms with Gasteiger partial charge < -0.3 is 61.2 Å². The molecule has 0 bridgehead atoms. The lowest BCUT2D eigenvalue weighted by molar-refractivity contribution is -0.137. The number of primary amides is 1. The third kappa shape index (κ3) is 16.0. The van der Waals surface area contributed by atoms with E-state index in [9.17, 15) is 57.5 Å². The van der Waals surface area contributed by atoms with Gasteiger partial charge in [0.2, 0.25) is 23.6 Å². The molecule has 10 rings (SSSR count). The number of amides is 13. The van der Waals surface area contributed by atoms with Crippen LogP contribution in [-0.4, -0.2) is 201 Å². The standard InChI is InChI=1S/C68H78N12O15/c1-42(2)60(74-54(81)15-4-3-5-29-78-56(83)24-25-57(78)84)62(86)73-51(14-8-26-71-67(69)91)61(85)72-44-18-16-43(17-19-44)41-95-68(92)77(28-9-30-79-63(87)47-12-6-10-45-52(75-32-36-93-37-33-75)22-20-49(58(45)47)64(79)88)31-27-70-55(82)40-80-65(89)48-13-7-11-46-53(76-34-38-94-39-35-76)23-21-50(59(46)48)66(80)90/h6-7,10-13,16-25,42,51,60H,3-5,8-9,14-15,26-41H2,1-2H3,(H,70,82)(H,72,85)(H,73,86)(H,74,81)(H3,69,71,91)/t51-,60-/m0/s1. The van der Waals surface area contributed by atoms with Gasteiger partial charge in [0.1, 0.15) is 25.2 Å². The van der Waals surface area contributed by atoms with Crippen LogP contribution in [0, 0.1) is 5.92 Å². The van der Waals surface area contributed by atoms with E-state index in [0.717, 1.165) is 36.8 Å². The summed E-state index contributed by atoms with van der Waals surface area (Å²) in [7, 11) is 0. The summed E-state index contributed by atoms with van der Waals surface area (Å²) < 4.78 is 16.9. The van der Waals surface area contributed by atoms with Crippen molar-refractivity contribution in [3.8, 4) is 0 Å². The van der Waals surface area contributed by atoms with E-state index in [1.54, 1.807) is 74.5 Å². The molecule has 5 aliphatic rings. The Morgan fingerprint density at radius 3 is 1.69 bits per heavy atom. The molecule has 5 heterocycles. The Labute approximate surface area is 547 Å². The smallest absolute Gasteiger partial charge is 0.410 e. The number of morpholine rings is 2. The molecular formula is C68H78N12O15. The molecule has 95 heavy (non-hydrogen) atoms. The van der Waals surface area contributed by atoms with Crippen molar-refractivity contribution < 1.29 is 71.7 Å². The predicted octanol–water partition coefficient (Wildman–Crippen LogP) is 4.20. The molecule has 0 unspecified atom stereocenters. The number of nitrogens with one attached hydrogen (secondary N) is 5. The van der Waals surface area contributed by atoms with E-state index in [1.165, 1.54) is 17.1 Å². The van der Waals surface area contributed by atoms with Gasteiger partial charge in [-0.25, -0.2) is 9.59 Å². The second kappa shape index (κ2) is 31.1. The summed E-state index contributed by atoms with van der Waals surface area (Å²) in [6, 6.07) is 21.1. The number of ether oxygens (including phenoxy) is 3. The quantitative estimate of drug-likeness (QED) is 0.0289. The molecule has 5 aromatic rings. The molecule has 0 saturated carbocycles. The monoisotopic (exact) mass is 1300 g/mol. The van der Waals surface area contributed by atoms with Gasteiger partial charge in [-0.1, -0.05) is 56.7 Å². The SMILES string of the molecule is CC(C)[C@H](NC(=O)CCCCCN1C(=O)C=CC1=O)C(=O)N[C@@H](CCCNC(N)=O)C(=O)Nc1ccc(COC(=O)N(CCCN2C(=O)c3cccc4c(N5CCOCC5)ccc(c34)C2=O)CCNC(=O)CN2C(=O)c3cccc4c(N5CCOCC5)ccc(c34)C2=O)cc1. The van der Waals surface area contributed by atoms with Crippen molar-refractivity contribution in [2.24, 2.45) is 11.7 Å². The Morgan fingerprint density at radius 1 is 0.568 bits per heavy atom. The highest BCUT2D eigenvalue weighted by Crippen LogP contribution is 2.38. The van der Waals surface area contributed by atoms with E-state index in [4.69, 9.17) is 19.9 Å². The number of hydrogen-bond acceptors (Lipinski definition) is 17. The van der Waals surface area contributed by atoms with E-state index in [0.29, 0.717) is 105 Å². The normalized spacial score (nSPS) is 16.0. The molecule has 5 aromatic carbocycles. The number of imide groups is 3. The van der Waals surface area contributed by atoms with Crippen molar-refractivity contribution in [2.75, 3.05) is 114 Å². The second-order valence-corrected chi connectivity index (χ2v) is 24.1. The number of rotatable bonds is 29. The maximum atomic E-state index is 14.2. The number of nitrogens with zero attached hydrogens (tertiary/aromatic N) is 6. The average molecular weight is 1300 g/mol. The van der Waals surface area contributed by atoms with Gasteiger partial charge in [-0.2, -0.15) is 0 Å². The number of unbranched alkanes of at least 4 members (excludes halogenated alkanes) is 2. The van der Waals surface area contributed by atoms with E-state index in [1.807, 2.05) is 24.3 Å². The first-order chi connectivity index (χ1) is 45.9. The summed E-state index contributed by atoms with van der Waals surface area (Å²) in [5.41, 5.74) is 9.14. The summed E-state index contributed by atoms with van der Waals surface area (Å²) in [4.78, 5) is 169. The number of benzene rings is 5. The predicted molar refractivity (Wildman–Crippen MR) is 349 cm³/mol. The van der Waals surface area contributed by atoms with Crippen molar-refractivity contribution in [3.63, 3.8) is 0 Å². The van der Waals surface area contributed by atoms with Gasteiger partial charge in [0.15, 0.2) is 0 Å². The fourth-order valence-corrected chi connectivity index (χ4v) is 12.4. The van der Waals surface area contributed by atoms with Gasteiger partial charge in [-0.3, -0.25) is 62.6 Å². The minimum Gasteiger partial charge on any atom is -0.445 e. The maximum Gasteiger partial charge on any atom is 0.410 e. The number of carbonyl (C=O) groups is 12. The zero-order valence-corrected chi connectivity index (χ0v) is 53.1. The lowest BCUT2D eigenvalue weighted by Crippen LogP contribution is -2.54. The van der Waals surface area contributed by atoms with Crippen LogP contribution in [0.5, 0.6) is 0 Å². The van der Waals surface area contributed by atoms with Gasteiger partial charge in [-0.15, -0.1) is 0 Å². The summed E-state index contributed by atoms with van der Waals surface area (Å²) in [5.74, 6) is -5.69. The van der Waals surface area contributed by atoms with Crippen LogP contribution in [-0.2, 0) is 49.6 Å². The van der Waals surface area contributed by atoms with Crippen LogP contribution in [0.3, 0.4) is 0 Å². The number of anilines is 3. The van der Waals surface area contributed by atoms with Crippen LogP contribution in [0.4, 0.5) is 26.7 Å². The van der Waals surface area contributed by atoms with Crippen molar-refractivity contribution >= 4 is 110 Å². The van der Waals surface area contributed by atoms with Gasteiger partial charge >= 0.3 is 12.1 Å². The van der Waals surface area contributed by atoms with E-state index in [-0.39, 0.29) is 94.5 Å². The number of hydrogen-bond donors (Lipinski definition) is 6. The van der Waals surface area contributed by atoms with Crippen LogP contribution in [0.15, 0.2) is 97.1 Å². The highest BCUT2D eigenvalue weighted by Gasteiger charge is 2.37. The third-order valence-electron chi connectivity index (χ3n) is 17.4. The first kappa shape index (κ1) is 67.6. The Morgan fingerprint density at radius 2 is 1.13 bits per heavy atom. The molecule has 27 nitrogen and oxygen atoms in total. The van der Waals surface area contributed by atoms with E-state index >= 15 is 0 Å². The molecule has 0 aromatic heterocycles. The highest BCUT2D eigenvalue weighted by molar-refractivity contribution is 6.28. The molecule has 5 aliphatic heterocycles. The van der Waals surface area contributed by atoms with Gasteiger partial charge in [0, 0.05) is 145 Å². The van der Waals surface area contributed by atoms with Crippen molar-refractivity contribution in [2.45, 2.75) is 77.5 Å². The van der Waals surface area contributed by atoms with E-state index < -0.39 is 83.9 Å². The van der Waals surface area contributed by atoms with Crippen molar-refractivity contribution in [3.05, 3.63) is 125 Å². The lowest BCUT2D eigenvalue weighted by Gasteiger charge is -2.32. The van der Waals surface area contributed by atoms with Crippen LogP contribution >= 0.6 is 0 Å². The Kier molecular flexibility index (Phi) is 22.1. The third-order valence-corrected chi connectivity index (χ3v) is 17.4. The molecule has 0 spiro atoms. The number of urea groups is 1. The Hall–Kier alpha value is -10.3. The van der Waals surface area contributed by atoms with Gasteiger partial charge in [0.05, 0.1) is 26.4 Å². The Balaban J connectivity index is 0.769. The van der Waals surface area contributed by atoms with Crippen molar-refractivity contribution in [1.82, 2.24) is 40.9 Å². The number of nitrogens with two attached hydrogens (primary N) is 1. The molecular weight excluding hydrogens is 1220 g/mol. The zero-order valence-electron chi connectivity index (χ0n) is 53.1. The highest BCUT2D eigenvalue weighted by atomic mass is 16.6. The fraction of sp³-hybridized carbons (Fsp3) is 0.412. The fourth-order valence-electron chi connectivity index (χ4n) is 12.4. The van der Waals surface area contributed by atoms with Gasteiger partial charge in [0.25, 0.3) is 35.4 Å². The largest absolute Gasteiger partial charge is 0.445 e. The molecule has 0 radical (unpaired) electrons. The molecule has 13 amide bonds. The lowest BCUT2D eigenvalue weighted by atomic mass is 9.92. The zero-order chi connectivity index (χ0) is 67.3. The minimum absolute atomic E-state index is 0.0478. The minimum atomic E-state index is -1.14. The molecule has 2 saturated heterocycles. The first-order valence-electron chi connectivity index (χ1n) is 32.1. The summed E-state index contributed by atoms with van der Waals surface area (Å²) in [5, 5.41) is 16.1. The maximum absolute atomic E-state index is 14.2. The summed E-state index contributed by atoms with van der Waals surface area (Å²) in [6.45, 7) is 7.28. The molecule has 500 valence electrons. The van der Waals surface area contributed by atoms with Crippen LogP contribution in [0.2, 0.25) is 0 Å². The number of carbonyl (C=O) groups excluding carboxylic acids is 12. The summed E-state index contributed by atoms with van der Waals surface area (Å²) in [6.07, 6.45) is 3.56. The molecule has 2 atom stereocenters. The molecule has 2 fully saturated rings. The topological polar surface area (TPSA) is 338 Å². The first-order valence-corrected chi connectivity index (χ1v) is 32.1. The molecule has 27 heteroatoms. The van der Waals surface area contributed by atoms with Gasteiger partial charge in [-0.05, 0) is 92.1 Å². The van der Waals surface area contributed by atoms with E-state index in [2.05, 4.69) is 36.4 Å². The molecule has 0 aliphatic carbocycles. The van der Waals surface area contributed by atoms with Crippen LogP contribution < -0.4 is 42.1 Å². The van der Waals surface area contributed by atoms with Crippen LogP contribution in [0.1, 0.15) is 106 Å². The van der Waals surface area contributed by atoms with Crippen LogP contribution in [0.25, 0.3) is 21.5 Å².